The quantitative estimate of drug-likeness (QED) is 0.694. The van der Waals surface area contributed by atoms with E-state index in [1.165, 1.54) is 0 Å². The Morgan fingerprint density at radius 1 is 1.08 bits per heavy atom. The van der Waals surface area contributed by atoms with Crippen LogP contribution in [-0.2, 0) is 0 Å². The van der Waals surface area contributed by atoms with Crippen LogP contribution in [0.3, 0.4) is 0 Å². The molecule has 0 bridgehead atoms. The first-order valence-electron chi connectivity index (χ1n) is 8.39. The highest BCUT2D eigenvalue weighted by atomic mass is 32.2. The molecule has 0 aromatic heterocycles. The molecule has 1 amide bonds. The number of ether oxygens (including phenoxy) is 2. The average Bonchev–Trinajstić information content (AvgIpc) is 2.66. The smallest absolute Gasteiger partial charge is 0.252 e. The van der Waals surface area contributed by atoms with Gasteiger partial charge in [0.15, 0.2) is 11.5 Å². The van der Waals surface area contributed by atoms with Crippen molar-refractivity contribution in [3.63, 3.8) is 0 Å². The highest BCUT2D eigenvalue weighted by Crippen LogP contribution is 2.31. The zero-order chi connectivity index (χ0) is 18.2. The number of methoxy groups -OCH3 is 2. The third-order valence-corrected chi connectivity index (χ3v) is 4.91. The number of thioether (sulfide) groups is 1. The summed E-state index contributed by atoms with van der Waals surface area (Å²) in [6.07, 6.45) is 0.782. The zero-order valence-corrected chi connectivity index (χ0v) is 16.0. The molecule has 0 heterocycles. The van der Waals surface area contributed by atoms with Gasteiger partial charge in [-0.05, 0) is 42.0 Å². The lowest BCUT2D eigenvalue weighted by Gasteiger charge is -2.20. The molecule has 5 heteroatoms. The first kappa shape index (κ1) is 19.2. The summed E-state index contributed by atoms with van der Waals surface area (Å²) in [4.78, 5) is 13.8. The standard InChI is InChI=1S/C20H25NO3S/c1-5-16(14-11-12-17(23-3)18(13-14)24-4)21-20(22)15-9-7-8-10-19(15)25-6-2/h7-13,16H,5-6H2,1-4H3,(H,21,22)/t16-/m1/s1. The molecule has 25 heavy (non-hydrogen) atoms. The van der Waals surface area contributed by atoms with E-state index in [0.717, 1.165) is 22.6 Å². The molecule has 0 aliphatic carbocycles. The van der Waals surface area contributed by atoms with Crippen LogP contribution in [0.4, 0.5) is 0 Å². The maximum absolute atomic E-state index is 12.8. The molecule has 0 spiro atoms. The number of hydrogen-bond acceptors (Lipinski definition) is 4. The lowest BCUT2D eigenvalue weighted by Crippen LogP contribution is -2.28. The highest BCUT2D eigenvalue weighted by molar-refractivity contribution is 7.99. The van der Waals surface area contributed by atoms with Gasteiger partial charge in [0.25, 0.3) is 5.91 Å². The molecule has 0 saturated heterocycles. The van der Waals surface area contributed by atoms with Gasteiger partial charge in [-0.1, -0.05) is 32.0 Å². The van der Waals surface area contributed by atoms with Crippen molar-refractivity contribution in [2.24, 2.45) is 0 Å². The summed E-state index contributed by atoms with van der Waals surface area (Å²) in [6.45, 7) is 4.13. The topological polar surface area (TPSA) is 47.6 Å². The Morgan fingerprint density at radius 3 is 2.44 bits per heavy atom. The Balaban J connectivity index is 2.23. The second-order valence-corrected chi connectivity index (χ2v) is 6.78. The van der Waals surface area contributed by atoms with Crippen LogP contribution in [0.15, 0.2) is 47.4 Å². The largest absolute Gasteiger partial charge is 0.493 e. The zero-order valence-electron chi connectivity index (χ0n) is 15.2. The summed E-state index contributed by atoms with van der Waals surface area (Å²) in [5.41, 5.74) is 1.71. The van der Waals surface area contributed by atoms with Gasteiger partial charge < -0.3 is 14.8 Å². The van der Waals surface area contributed by atoms with Crippen LogP contribution in [0.5, 0.6) is 11.5 Å². The number of carbonyl (C=O) groups is 1. The minimum Gasteiger partial charge on any atom is -0.493 e. The fourth-order valence-corrected chi connectivity index (χ4v) is 3.46. The van der Waals surface area contributed by atoms with E-state index >= 15 is 0 Å². The second kappa shape index (κ2) is 9.37. The summed E-state index contributed by atoms with van der Waals surface area (Å²) in [5.74, 6) is 2.21. The van der Waals surface area contributed by atoms with Crippen molar-refractivity contribution < 1.29 is 14.3 Å². The number of nitrogens with one attached hydrogen (secondary N) is 1. The van der Waals surface area contributed by atoms with Crippen LogP contribution in [0, 0.1) is 0 Å². The molecule has 0 fully saturated rings. The van der Waals surface area contributed by atoms with E-state index in [9.17, 15) is 4.79 Å². The minimum atomic E-state index is -0.0908. The van der Waals surface area contributed by atoms with Gasteiger partial charge in [-0.25, -0.2) is 0 Å². The van der Waals surface area contributed by atoms with Crippen LogP contribution in [0.25, 0.3) is 0 Å². The van der Waals surface area contributed by atoms with Gasteiger partial charge in [0.2, 0.25) is 0 Å². The molecule has 0 aliphatic heterocycles. The van der Waals surface area contributed by atoms with E-state index in [1.807, 2.05) is 49.4 Å². The van der Waals surface area contributed by atoms with Crippen molar-refractivity contribution in [3.8, 4) is 11.5 Å². The van der Waals surface area contributed by atoms with Gasteiger partial charge in [0.1, 0.15) is 0 Å². The second-order valence-electron chi connectivity index (χ2n) is 5.48. The molecule has 134 valence electrons. The van der Waals surface area contributed by atoms with Crippen molar-refractivity contribution in [2.75, 3.05) is 20.0 Å². The first-order valence-corrected chi connectivity index (χ1v) is 9.37. The molecule has 1 atom stereocenters. The Morgan fingerprint density at radius 2 is 1.80 bits per heavy atom. The molecular formula is C20H25NO3S. The Kier molecular flexibility index (Phi) is 7.19. The number of hydrogen-bond donors (Lipinski definition) is 1. The molecule has 1 N–H and O–H groups in total. The lowest BCUT2D eigenvalue weighted by atomic mass is 10.0. The monoisotopic (exact) mass is 359 g/mol. The Labute approximate surface area is 153 Å². The van der Waals surface area contributed by atoms with Crippen LogP contribution in [0.1, 0.15) is 42.2 Å². The van der Waals surface area contributed by atoms with E-state index in [-0.39, 0.29) is 11.9 Å². The molecule has 0 unspecified atom stereocenters. The van der Waals surface area contributed by atoms with Gasteiger partial charge in [-0.15, -0.1) is 11.8 Å². The summed E-state index contributed by atoms with van der Waals surface area (Å²) in [7, 11) is 3.22. The van der Waals surface area contributed by atoms with Crippen molar-refractivity contribution in [1.29, 1.82) is 0 Å². The summed E-state index contributed by atoms with van der Waals surface area (Å²) >= 11 is 1.67. The van der Waals surface area contributed by atoms with Gasteiger partial charge >= 0.3 is 0 Å². The minimum absolute atomic E-state index is 0.0572. The molecule has 2 aromatic rings. The maximum Gasteiger partial charge on any atom is 0.252 e. The van der Waals surface area contributed by atoms with Crippen molar-refractivity contribution >= 4 is 17.7 Å². The Bertz CT molecular complexity index is 718. The molecule has 0 aliphatic rings. The molecular weight excluding hydrogens is 334 g/mol. The number of benzene rings is 2. The van der Waals surface area contributed by atoms with Crippen LogP contribution >= 0.6 is 11.8 Å². The number of rotatable bonds is 8. The van der Waals surface area contributed by atoms with Gasteiger partial charge in [-0.3, -0.25) is 4.79 Å². The number of carbonyl (C=O) groups excluding carboxylic acids is 1. The molecule has 4 nitrogen and oxygen atoms in total. The summed E-state index contributed by atoms with van der Waals surface area (Å²) in [5, 5.41) is 3.14. The van der Waals surface area contributed by atoms with Crippen molar-refractivity contribution in [1.82, 2.24) is 5.32 Å². The van der Waals surface area contributed by atoms with Gasteiger partial charge in [-0.2, -0.15) is 0 Å². The van der Waals surface area contributed by atoms with E-state index in [1.54, 1.807) is 26.0 Å². The van der Waals surface area contributed by atoms with E-state index in [4.69, 9.17) is 9.47 Å². The van der Waals surface area contributed by atoms with Crippen molar-refractivity contribution in [3.05, 3.63) is 53.6 Å². The molecule has 2 aromatic carbocycles. The first-order chi connectivity index (χ1) is 12.1. The molecule has 2 rings (SSSR count). The van der Waals surface area contributed by atoms with Gasteiger partial charge in [0.05, 0.1) is 25.8 Å². The predicted octanol–water partition coefficient (Wildman–Crippen LogP) is 4.70. The van der Waals surface area contributed by atoms with Crippen LogP contribution < -0.4 is 14.8 Å². The normalized spacial score (nSPS) is 11.7. The predicted molar refractivity (Wildman–Crippen MR) is 103 cm³/mol. The summed E-state index contributed by atoms with van der Waals surface area (Å²) in [6, 6.07) is 13.4. The fraction of sp³-hybridized carbons (Fsp3) is 0.350. The fourth-order valence-electron chi connectivity index (χ4n) is 2.66. The SMILES string of the molecule is CCSc1ccccc1C(=O)N[C@H](CC)c1ccc(OC)c(OC)c1. The Hall–Kier alpha value is -2.14. The van der Waals surface area contributed by atoms with Crippen molar-refractivity contribution in [2.45, 2.75) is 31.2 Å². The third kappa shape index (κ3) is 4.69. The summed E-state index contributed by atoms with van der Waals surface area (Å²) < 4.78 is 10.7. The van der Waals surface area contributed by atoms with E-state index in [2.05, 4.69) is 12.2 Å². The third-order valence-electron chi connectivity index (χ3n) is 3.96. The van der Waals surface area contributed by atoms with Gasteiger partial charge in [0, 0.05) is 4.90 Å². The lowest BCUT2D eigenvalue weighted by molar-refractivity contribution is 0.0932. The van der Waals surface area contributed by atoms with Crippen LogP contribution in [-0.4, -0.2) is 25.9 Å². The van der Waals surface area contributed by atoms with E-state index in [0.29, 0.717) is 17.1 Å². The van der Waals surface area contributed by atoms with Crippen LogP contribution in [0.2, 0.25) is 0 Å². The maximum atomic E-state index is 12.8. The van der Waals surface area contributed by atoms with E-state index < -0.39 is 0 Å². The highest BCUT2D eigenvalue weighted by Gasteiger charge is 2.18. The average molecular weight is 359 g/mol. The molecule has 0 radical (unpaired) electrons. The molecule has 0 saturated carbocycles. The number of amides is 1.